The van der Waals surface area contributed by atoms with E-state index >= 15 is 0 Å². The van der Waals surface area contributed by atoms with Crippen molar-refractivity contribution in [1.82, 2.24) is 0 Å². The Morgan fingerprint density at radius 1 is 0.897 bits per heavy atom. The quantitative estimate of drug-likeness (QED) is 0.374. The van der Waals surface area contributed by atoms with Crippen molar-refractivity contribution in [2.75, 3.05) is 13.2 Å². The van der Waals surface area contributed by atoms with Crippen LogP contribution in [0.4, 0.5) is 0 Å². The minimum Gasteiger partial charge on any atom is -0.481 e. The first-order valence-electron chi connectivity index (χ1n) is 12.0. The van der Waals surface area contributed by atoms with E-state index in [2.05, 4.69) is 4.89 Å². The normalized spacial score (nSPS) is 43.6. The molecule has 0 spiro atoms. The molecule has 8 atom stereocenters. The molecule has 0 aromatic rings. The minimum absolute atomic E-state index is 0.00843. The van der Waals surface area contributed by atoms with Crippen LogP contribution in [0.25, 0.3) is 0 Å². The van der Waals surface area contributed by atoms with Crippen LogP contribution in [0.15, 0.2) is 12.3 Å². The summed E-state index contributed by atoms with van der Waals surface area (Å²) in [6.07, 6.45) is 17.2. The van der Waals surface area contributed by atoms with E-state index in [4.69, 9.17) is 9.99 Å². The van der Waals surface area contributed by atoms with Crippen molar-refractivity contribution < 1.29 is 24.8 Å². The summed E-state index contributed by atoms with van der Waals surface area (Å²) < 4.78 is 5.19. The zero-order valence-corrected chi connectivity index (χ0v) is 17.6. The molecule has 5 fully saturated rings. The number of hydrogen-bond donors (Lipinski definition) is 2. The molecule has 5 rings (SSSR count). The Morgan fingerprint density at radius 2 is 1.62 bits per heavy atom. The van der Waals surface area contributed by atoms with E-state index in [-0.39, 0.29) is 5.92 Å². The van der Waals surface area contributed by atoms with Crippen LogP contribution in [0.5, 0.6) is 0 Å². The van der Waals surface area contributed by atoms with Crippen LogP contribution >= 0.6 is 0 Å². The summed E-state index contributed by atoms with van der Waals surface area (Å²) in [5, 5.41) is 17.6. The Bertz CT molecular complexity index is 570. The van der Waals surface area contributed by atoms with E-state index in [1.165, 1.54) is 57.6 Å². The Morgan fingerprint density at radius 3 is 2.31 bits per heavy atom. The van der Waals surface area contributed by atoms with E-state index in [0.717, 1.165) is 62.1 Å². The van der Waals surface area contributed by atoms with Crippen molar-refractivity contribution in [3.05, 3.63) is 12.3 Å². The van der Waals surface area contributed by atoms with Gasteiger partial charge in [-0.3, -0.25) is 4.79 Å². The molecule has 5 aliphatic rings. The molecule has 0 bridgehead atoms. The molecule has 1 heterocycles. The fourth-order valence-corrected chi connectivity index (χ4v) is 7.69. The second-order valence-electron chi connectivity index (χ2n) is 10.1. The Labute approximate surface area is 174 Å². The van der Waals surface area contributed by atoms with Crippen molar-refractivity contribution in [2.45, 2.75) is 70.6 Å². The molecule has 0 amide bonds. The van der Waals surface area contributed by atoms with Crippen molar-refractivity contribution in [2.24, 2.45) is 47.3 Å². The summed E-state index contributed by atoms with van der Waals surface area (Å²) in [6, 6.07) is 0. The van der Waals surface area contributed by atoms with Crippen LogP contribution < -0.4 is 0 Å². The molecule has 1 aliphatic heterocycles. The highest BCUT2D eigenvalue weighted by atomic mass is 17.1. The van der Waals surface area contributed by atoms with E-state index < -0.39 is 5.97 Å². The van der Waals surface area contributed by atoms with Gasteiger partial charge in [-0.05, 0) is 80.1 Å². The zero-order valence-electron chi connectivity index (χ0n) is 17.6. The molecule has 4 saturated carbocycles. The van der Waals surface area contributed by atoms with E-state index in [9.17, 15) is 9.90 Å². The first-order chi connectivity index (χ1) is 14.2. The number of carbonyl (C=O) groups is 1. The lowest BCUT2D eigenvalue weighted by Crippen LogP contribution is -2.53. The summed E-state index contributed by atoms with van der Waals surface area (Å²) in [7, 11) is 0. The molecule has 29 heavy (non-hydrogen) atoms. The largest absolute Gasteiger partial charge is 0.481 e. The molecule has 0 aromatic heterocycles. The summed E-state index contributed by atoms with van der Waals surface area (Å²) in [4.78, 5) is 15.5. The van der Waals surface area contributed by atoms with Gasteiger partial charge in [-0.25, -0.2) is 5.26 Å². The highest BCUT2D eigenvalue weighted by molar-refractivity contribution is 5.70. The lowest BCUT2D eigenvalue weighted by Gasteiger charge is -2.59. The van der Waals surface area contributed by atoms with E-state index in [0.29, 0.717) is 11.8 Å². The molecule has 0 radical (unpaired) electrons. The molecule has 4 aliphatic carbocycles. The number of aliphatic carboxylic acids is 1. The van der Waals surface area contributed by atoms with Gasteiger partial charge in [-0.2, -0.15) is 0 Å². The topological polar surface area (TPSA) is 76.0 Å². The fraction of sp³-hybridized carbons (Fsp3) is 0.875. The van der Waals surface area contributed by atoms with E-state index in [1.807, 2.05) is 6.08 Å². The van der Waals surface area contributed by atoms with Crippen molar-refractivity contribution >= 4 is 5.97 Å². The van der Waals surface area contributed by atoms with Crippen LogP contribution in [-0.2, 0) is 14.4 Å². The highest BCUT2D eigenvalue weighted by Gasteiger charge is 2.55. The maximum absolute atomic E-state index is 11.7. The maximum atomic E-state index is 11.7. The number of hydrogen-bond acceptors (Lipinski definition) is 4. The van der Waals surface area contributed by atoms with Crippen LogP contribution in [0.1, 0.15) is 70.6 Å². The average Bonchev–Trinajstić information content (AvgIpc) is 2.77. The number of carboxylic acid groups (broad SMARTS) is 1. The third kappa shape index (κ3) is 4.66. The van der Waals surface area contributed by atoms with Crippen molar-refractivity contribution in [1.29, 1.82) is 0 Å². The molecular weight excluding hydrogens is 368 g/mol. The maximum Gasteiger partial charge on any atom is 0.306 e. The lowest BCUT2D eigenvalue weighted by molar-refractivity contribution is -0.187. The fourth-order valence-electron chi connectivity index (χ4n) is 7.69. The standard InChI is InChI=1S/C17H26O2.C7H12O3/c18-17(19)14-9-12-5-1-3-10-7-8-11-4-2-6-13(14)16(11)15(10)12;8-10-5-3-7-2-1-4-9-6-7/h10-16H,1-9H2,(H,18,19);3,5,7-8H,1-2,4,6H2. The summed E-state index contributed by atoms with van der Waals surface area (Å²) in [5.41, 5.74) is 0. The molecule has 0 aromatic carbocycles. The SMILES string of the molecule is O=C(O)C1CC2CCCC3CCC4CCCC1C4C32.OOC=CC1CCCOC1. The Hall–Kier alpha value is -1.07. The minimum atomic E-state index is -0.489. The summed E-state index contributed by atoms with van der Waals surface area (Å²) in [6.45, 7) is 1.62. The van der Waals surface area contributed by atoms with Crippen LogP contribution in [0.2, 0.25) is 0 Å². The monoisotopic (exact) mass is 406 g/mol. The highest BCUT2D eigenvalue weighted by Crippen LogP contribution is 2.61. The second kappa shape index (κ2) is 9.82. The molecule has 1 saturated heterocycles. The molecule has 5 heteroatoms. The van der Waals surface area contributed by atoms with Gasteiger partial charge in [0.05, 0.1) is 12.5 Å². The average molecular weight is 407 g/mol. The molecule has 2 N–H and O–H groups in total. The molecular formula is C24H38O5. The number of carboxylic acids is 1. The predicted molar refractivity (Wildman–Crippen MR) is 110 cm³/mol. The lowest BCUT2D eigenvalue weighted by atomic mass is 9.46. The van der Waals surface area contributed by atoms with Gasteiger partial charge < -0.3 is 14.7 Å². The van der Waals surface area contributed by atoms with Gasteiger partial charge in [0.1, 0.15) is 6.26 Å². The molecule has 8 unspecified atom stereocenters. The molecule has 164 valence electrons. The first kappa shape index (κ1) is 21.2. The Kier molecular flexibility index (Phi) is 7.17. The smallest absolute Gasteiger partial charge is 0.306 e. The van der Waals surface area contributed by atoms with Crippen LogP contribution in [0.3, 0.4) is 0 Å². The van der Waals surface area contributed by atoms with Gasteiger partial charge in [0.25, 0.3) is 0 Å². The Balaban J connectivity index is 0.000000174. The second-order valence-corrected chi connectivity index (χ2v) is 10.1. The van der Waals surface area contributed by atoms with Gasteiger partial charge in [-0.15, -0.1) is 0 Å². The summed E-state index contributed by atoms with van der Waals surface area (Å²) in [5.74, 6) is 4.73. The van der Waals surface area contributed by atoms with E-state index in [1.54, 1.807) is 0 Å². The van der Waals surface area contributed by atoms with Gasteiger partial charge in [-0.1, -0.05) is 32.1 Å². The van der Waals surface area contributed by atoms with Gasteiger partial charge in [0.15, 0.2) is 0 Å². The zero-order chi connectivity index (χ0) is 20.2. The third-order valence-corrected chi connectivity index (χ3v) is 8.74. The number of ether oxygens (including phenoxy) is 1. The van der Waals surface area contributed by atoms with Gasteiger partial charge >= 0.3 is 5.97 Å². The predicted octanol–water partition coefficient (Wildman–Crippen LogP) is 5.37. The first-order valence-corrected chi connectivity index (χ1v) is 12.0. The summed E-state index contributed by atoms with van der Waals surface area (Å²) >= 11 is 0. The van der Waals surface area contributed by atoms with Crippen LogP contribution in [-0.4, -0.2) is 29.5 Å². The van der Waals surface area contributed by atoms with Crippen molar-refractivity contribution in [3.8, 4) is 0 Å². The van der Waals surface area contributed by atoms with Crippen molar-refractivity contribution in [3.63, 3.8) is 0 Å². The third-order valence-electron chi connectivity index (χ3n) is 8.74. The van der Waals surface area contributed by atoms with Crippen LogP contribution in [0, 0.1) is 47.3 Å². The van der Waals surface area contributed by atoms with Gasteiger partial charge in [0, 0.05) is 12.5 Å². The van der Waals surface area contributed by atoms with Gasteiger partial charge in [0.2, 0.25) is 0 Å². The molecule has 5 nitrogen and oxygen atoms in total. The number of rotatable bonds is 3.